The predicted molar refractivity (Wildman–Crippen MR) is 93.7 cm³/mol. The zero-order valence-corrected chi connectivity index (χ0v) is 15.0. The number of hydrogen-bond donors (Lipinski definition) is 0. The number of ether oxygens (including phenoxy) is 2. The molecule has 0 aliphatic carbocycles. The van der Waals surface area contributed by atoms with Crippen LogP contribution in [0.1, 0.15) is 22.7 Å². The number of rotatable bonds is 4. The topological polar surface area (TPSA) is 51.7 Å². The third kappa shape index (κ3) is 2.90. The Morgan fingerprint density at radius 3 is 2.57 bits per heavy atom. The van der Waals surface area contributed by atoms with Crippen LogP contribution in [0.4, 0.5) is 5.13 Å². The summed E-state index contributed by atoms with van der Waals surface area (Å²) < 4.78 is 10.7. The normalized spacial score (nSPS) is 20.9. The van der Waals surface area contributed by atoms with Gasteiger partial charge in [-0.3, -0.25) is 9.69 Å². The van der Waals surface area contributed by atoms with E-state index in [1.54, 1.807) is 37.1 Å². The molecule has 1 fully saturated rings. The van der Waals surface area contributed by atoms with Crippen molar-refractivity contribution in [3.63, 3.8) is 0 Å². The van der Waals surface area contributed by atoms with Gasteiger partial charge in [0.1, 0.15) is 5.37 Å². The number of carbonyl (C=O) groups excluding carboxylic acids is 1. The largest absolute Gasteiger partial charge is 0.493 e. The van der Waals surface area contributed by atoms with Gasteiger partial charge in [0, 0.05) is 11.1 Å². The molecule has 5 nitrogen and oxygen atoms in total. The first-order chi connectivity index (χ1) is 11.0. The van der Waals surface area contributed by atoms with E-state index in [4.69, 9.17) is 9.47 Å². The molecule has 0 spiro atoms. The molecule has 2 aromatic rings. The van der Waals surface area contributed by atoms with E-state index in [1.165, 1.54) is 11.3 Å². The minimum absolute atomic E-state index is 0.0872. The van der Waals surface area contributed by atoms with E-state index in [9.17, 15) is 4.79 Å². The summed E-state index contributed by atoms with van der Waals surface area (Å²) in [6.45, 7) is 3.92. The lowest BCUT2D eigenvalue weighted by Crippen LogP contribution is -2.29. The first kappa shape index (κ1) is 16.1. The van der Waals surface area contributed by atoms with E-state index < -0.39 is 0 Å². The van der Waals surface area contributed by atoms with Crippen LogP contribution in [0, 0.1) is 6.92 Å². The second kappa shape index (κ2) is 6.41. The fourth-order valence-corrected chi connectivity index (χ4v) is 4.61. The molecule has 7 heteroatoms. The maximum absolute atomic E-state index is 12.6. The summed E-state index contributed by atoms with van der Waals surface area (Å²) in [4.78, 5) is 19.9. The molecule has 0 saturated carbocycles. The summed E-state index contributed by atoms with van der Waals surface area (Å²) in [5, 5.41) is 0.532. The molecule has 0 radical (unpaired) electrons. The van der Waals surface area contributed by atoms with Crippen molar-refractivity contribution in [1.29, 1.82) is 0 Å². The lowest BCUT2D eigenvalue weighted by Gasteiger charge is -2.22. The van der Waals surface area contributed by atoms with E-state index in [0.29, 0.717) is 11.5 Å². The van der Waals surface area contributed by atoms with Crippen molar-refractivity contribution < 1.29 is 14.3 Å². The van der Waals surface area contributed by atoms with Gasteiger partial charge in [-0.2, -0.15) is 0 Å². The van der Waals surface area contributed by atoms with Gasteiger partial charge in [0.15, 0.2) is 16.6 Å². The van der Waals surface area contributed by atoms with Gasteiger partial charge in [-0.1, -0.05) is 6.07 Å². The molecular weight excluding hydrogens is 332 g/mol. The van der Waals surface area contributed by atoms with Gasteiger partial charge in [0.2, 0.25) is 5.91 Å². The summed E-state index contributed by atoms with van der Waals surface area (Å²) in [5.41, 5.74) is 0.998. The number of amides is 1. The molecule has 1 aromatic heterocycles. The van der Waals surface area contributed by atoms with Crippen molar-refractivity contribution in [2.75, 3.05) is 19.1 Å². The third-order valence-corrected chi connectivity index (χ3v) is 5.92. The third-order valence-electron chi connectivity index (χ3n) is 3.66. The fourth-order valence-electron chi connectivity index (χ4n) is 2.51. The summed E-state index contributed by atoms with van der Waals surface area (Å²) in [7, 11) is 3.22. The van der Waals surface area contributed by atoms with Crippen LogP contribution in [0.2, 0.25) is 0 Å². The molecule has 122 valence electrons. The number of carbonyl (C=O) groups is 1. The lowest BCUT2D eigenvalue weighted by molar-refractivity contribution is -0.117. The number of aryl methyl sites for hydroxylation is 1. The quantitative estimate of drug-likeness (QED) is 0.843. The highest BCUT2D eigenvalue weighted by Gasteiger charge is 2.41. The van der Waals surface area contributed by atoms with Gasteiger partial charge >= 0.3 is 0 Å². The smallest absolute Gasteiger partial charge is 0.242 e. The van der Waals surface area contributed by atoms with Crippen LogP contribution in [0.25, 0.3) is 0 Å². The molecule has 1 aliphatic heterocycles. The lowest BCUT2D eigenvalue weighted by atomic mass is 10.2. The van der Waals surface area contributed by atoms with Crippen molar-refractivity contribution in [3.8, 4) is 11.5 Å². The highest BCUT2D eigenvalue weighted by molar-refractivity contribution is 8.01. The highest BCUT2D eigenvalue weighted by Crippen LogP contribution is 2.47. The Kier molecular flexibility index (Phi) is 4.50. The Bertz CT molecular complexity index is 732. The SMILES string of the molecule is COc1ccc(C2SC(C)C(=O)N2c2ncc(C)s2)cc1OC. The monoisotopic (exact) mass is 350 g/mol. The second-order valence-electron chi connectivity index (χ2n) is 5.21. The number of methoxy groups -OCH3 is 2. The van der Waals surface area contributed by atoms with Crippen LogP contribution in [0.15, 0.2) is 24.4 Å². The van der Waals surface area contributed by atoms with Gasteiger partial charge in [-0.05, 0) is 31.5 Å². The Hall–Kier alpha value is -1.73. The summed E-state index contributed by atoms with van der Waals surface area (Å²) in [6.07, 6.45) is 1.80. The number of nitrogens with zero attached hydrogens (tertiary/aromatic N) is 2. The number of benzene rings is 1. The average Bonchev–Trinajstić information content (AvgIpc) is 3.10. The Morgan fingerprint density at radius 1 is 1.22 bits per heavy atom. The van der Waals surface area contributed by atoms with E-state index in [2.05, 4.69) is 4.98 Å². The first-order valence-electron chi connectivity index (χ1n) is 7.18. The van der Waals surface area contributed by atoms with Crippen molar-refractivity contribution in [1.82, 2.24) is 4.98 Å². The number of aromatic nitrogens is 1. The van der Waals surface area contributed by atoms with Crippen LogP contribution in [0.3, 0.4) is 0 Å². The van der Waals surface area contributed by atoms with Gasteiger partial charge in [0.05, 0.1) is 19.5 Å². The highest BCUT2D eigenvalue weighted by atomic mass is 32.2. The van der Waals surface area contributed by atoms with Gasteiger partial charge in [-0.15, -0.1) is 23.1 Å². The van der Waals surface area contributed by atoms with Crippen LogP contribution in [-0.2, 0) is 4.79 Å². The zero-order valence-electron chi connectivity index (χ0n) is 13.4. The van der Waals surface area contributed by atoms with E-state index in [-0.39, 0.29) is 16.5 Å². The Balaban J connectivity index is 2.01. The summed E-state index contributed by atoms with van der Waals surface area (Å²) >= 11 is 3.15. The Labute approximate surface area is 143 Å². The molecule has 0 N–H and O–H groups in total. The van der Waals surface area contributed by atoms with Crippen molar-refractivity contribution in [2.45, 2.75) is 24.5 Å². The van der Waals surface area contributed by atoms with Crippen molar-refractivity contribution >= 4 is 34.1 Å². The minimum atomic E-state index is -0.108. The summed E-state index contributed by atoms with van der Waals surface area (Å²) in [6, 6.07) is 5.76. The van der Waals surface area contributed by atoms with E-state index >= 15 is 0 Å². The standard InChI is InChI=1S/C16H18N2O3S2/c1-9-8-17-16(22-9)18-14(19)10(2)23-15(18)11-5-6-12(20-3)13(7-11)21-4/h5-8,10,15H,1-4H3. The molecule has 1 aromatic carbocycles. The maximum Gasteiger partial charge on any atom is 0.242 e. The number of thioether (sulfide) groups is 1. The molecule has 3 rings (SSSR count). The molecule has 0 bridgehead atoms. The average molecular weight is 350 g/mol. The molecule has 23 heavy (non-hydrogen) atoms. The summed E-state index contributed by atoms with van der Waals surface area (Å²) in [5.74, 6) is 1.42. The van der Waals surface area contributed by atoms with Crippen molar-refractivity contribution in [2.24, 2.45) is 0 Å². The molecule has 2 heterocycles. The number of thiazole rings is 1. The number of hydrogen-bond acceptors (Lipinski definition) is 6. The van der Waals surface area contributed by atoms with Gasteiger partial charge in [-0.25, -0.2) is 4.98 Å². The number of anilines is 1. The molecular formula is C16H18N2O3S2. The van der Waals surface area contributed by atoms with E-state index in [0.717, 1.165) is 15.6 Å². The molecule has 1 amide bonds. The molecule has 1 saturated heterocycles. The van der Waals surface area contributed by atoms with E-state index in [1.807, 2.05) is 32.0 Å². The van der Waals surface area contributed by atoms with Crippen LogP contribution in [0.5, 0.6) is 11.5 Å². The molecule has 2 atom stereocenters. The van der Waals surface area contributed by atoms with Gasteiger partial charge in [0.25, 0.3) is 0 Å². The minimum Gasteiger partial charge on any atom is -0.493 e. The molecule has 2 unspecified atom stereocenters. The molecule has 1 aliphatic rings. The first-order valence-corrected chi connectivity index (χ1v) is 8.94. The maximum atomic E-state index is 12.6. The van der Waals surface area contributed by atoms with Crippen LogP contribution < -0.4 is 14.4 Å². The van der Waals surface area contributed by atoms with Crippen molar-refractivity contribution in [3.05, 3.63) is 34.8 Å². The van der Waals surface area contributed by atoms with Crippen LogP contribution >= 0.6 is 23.1 Å². The predicted octanol–water partition coefficient (Wildman–Crippen LogP) is 3.64. The Morgan fingerprint density at radius 2 is 1.96 bits per heavy atom. The van der Waals surface area contributed by atoms with Gasteiger partial charge < -0.3 is 9.47 Å². The zero-order chi connectivity index (χ0) is 16.6. The van der Waals surface area contributed by atoms with Crippen LogP contribution in [-0.4, -0.2) is 30.4 Å². The second-order valence-corrected chi connectivity index (χ2v) is 7.85. The fraction of sp³-hybridized carbons (Fsp3) is 0.375.